The molecule has 12 aromatic rings. The molecular formula is C68H47N. The largest absolute Gasteiger partial charge is 0.310 e. The van der Waals surface area contributed by atoms with Crippen LogP contribution in [0.15, 0.2) is 285 Å². The highest BCUT2D eigenvalue weighted by Crippen LogP contribution is 2.47. The van der Waals surface area contributed by atoms with Crippen LogP contribution < -0.4 is 4.90 Å². The summed E-state index contributed by atoms with van der Waals surface area (Å²) in [6.45, 7) is 0. The van der Waals surface area contributed by atoms with Crippen LogP contribution in [0.5, 0.6) is 0 Å². The van der Waals surface area contributed by atoms with Crippen molar-refractivity contribution in [1.29, 1.82) is 0 Å². The summed E-state index contributed by atoms with van der Waals surface area (Å²) >= 11 is 0. The highest BCUT2D eigenvalue weighted by atomic mass is 15.1. The van der Waals surface area contributed by atoms with Gasteiger partial charge in [-0.1, -0.05) is 243 Å². The highest BCUT2D eigenvalue weighted by molar-refractivity contribution is 6.22. The van der Waals surface area contributed by atoms with Gasteiger partial charge in [0, 0.05) is 17.1 Å². The van der Waals surface area contributed by atoms with E-state index in [9.17, 15) is 0 Å². The van der Waals surface area contributed by atoms with Gasteiger partial charge in [0.25, 0.3) is 0 Å². The number of nitrogens with zero attached hydrogens (tertiary/aromatic N) is 1. The molecule has 0 atom stereocenters. The lowest BCUT2D eigenvalue weighted by Crippen LogP contribution is -2.10. The zero-order chi connectivity index (χ0) is 45.9. The topological polar surface area (TPSA) is 3.24 Å². The standard InChI is InChI=1S/C68H47N/c1-6-20-48(21-7-1)55-30-18-31-59(46-55)69(58-43-38-51(39-44-58)61-35-19-34-60(50-22-8-2-9-23-50)66(61)52-24-10-3-11-25-52)57-41-36-49(37-42-57)56-40-45-63-62-32-16-17-33-64(62)67(53-26-12-4-13-27-53)68(65(63)47-56)54-28-14-5-15-29-54/h1-47H. The smallest absolute Gasteiger partial charge is 0.0467 e. The molecule has 0 aliphatic carbocycles. The Balaban J connectivity index is 0.979. The Morgan fingerprint density at radius 2 is 0.536 bits per heavy atom. The zero-order valence-corrected chi connectivity index (χ0v) is 38.1. The molecule has 324 valence electrons. The van der Waals surface area contributed by atoms with Crippen molar-refractivity contribution in [2.24, 2.45) is 0 Å². The average molecular weight is 878 g/mol. The maximum absolute atomic E-state index is 2.40. The third-order valence-corrected chi connectivity index (χ3v) is 13.5. The van der Waals surface area contributed by atoms with E-state index in [1.54, 1.807) is 0 Å². The van der Waals surface area contributed by atoms with Crippen LogP contribution in [-0.2, 0) is 0 Å². The van der Waals surface area contributed by atoms with Crippen molar-refractivity contribution in [3.63, 3.8) is 0 Å². The Morgan fingerprint density at radius 3 is 1.10 bits per heavy atom. The molecule has 69 heavy (non-hydrogen) atoms. The Labute approximate surface area is 404 Å². The predicted octanol–water partition coefficient (Wildman–Crippen LogP) is 19.1. The van der Waals surface area contributed by atoms with Gasteiger partial charge in [-0.25, -0.2) is 0 Å². The first-order valence-corrected chi connectivity index (χ1v) is 23.7. The van der Waals surface area contributed by atoms with Crippen molar-refractivity contribution in [3.8, 4) is 77.9 Å². The lowest BCUT2D eigenvalue weighted by Gasteiger charge is -2.27. The minimum atomic E-state index is 1.08. The molecule has 0 saturated heterocycles. The molecule has 1 nitrogen and oxygen atoms in total. The molecule has 0 radical (unpaired) electrons. The number of fused-ring (bicyclic) bond motifs is 3. The van der Waals surface area contributed by atoms with E-state index in [1.807, 2.05) is 0 Å². The van der Waals surface area contributed by atoms with Gasteiger partial charge < -0.3 is 4.90 Å². The van der Waals surface area contributed by atoms with Gasteiger partial charge in [0.2, 0.25) is 0 Å². The summed E-state index contributed by atoms with van der Waals surface area (Å²) in [6.07, 6.45) is 0. The molecule has 0 aliphatic heterocycles. The van der Waals surface area contributed by atoms with Crippen LogP contribution in [0.2, 0.25) is 0 Å². The fourth-order valence-electron chi connectivity index (χ4n) is 10.2. The summed E-state index contributed by atoms with van der Waals surface area (Å²) in [5.41, 5.74) is 20.1. The lowest BCUT2D eigenvalue weighted by atomic mass is 9.84. The van der Waals surface area contributed by atoms with Gasteiger partial charge in [-0.3, -0.25) is 0 Å². The van der Waals surface area contributed by atoms with E-state index in [1.165, 1.54) is 88.3 Å². The van der Waals surface area contributed by atoms with Crippen LogP contribution in [0.3, 0.4) is 0 Å². The average Bonchev–Trinajstić information content (AvgIpc) is 3.44. The van der Waals surface area contributed by atoms with Crippen molar-refractivity contribution in [2.45, 2.75) is 0 Å². The third-order valence-electron chi connectivity index (χ3n) is 13.5. The second-order valence-electron chi connectivity index (χ2n) is 17.6. The molecule has 0 unspecified atom stereocenters. The minimum absolute atomic E-state index is 1.08. The molecule has 0 fully saturated rings. The maximum atomic E-state index is 2.40. The monoisotopic (exact) mass is 877 g/mol. The van der Waals surface area contributed by atoms with Crippen molar-refractivity contribution in [1.82, 2.24) is 0 Å². The zero-order valence-electron chi connectivity index (χ0n) is 38.1. The van der Waals surface area contributed by atoms with E-state index in [4.69, 9.17) is 0 Å². The Hall–Kier alpha value is -9.04. The summed E-state index contributed by atoms with van der Waals surface area (Å²) in [5, 5.41) is 5.01. The Morgan fingerprint density at radius 1 is 0.174 bits per heavy atom. The minimum Gasteiger partial charge on any atom is -0.310 e. The van der Waals surface area contributed by atoms with Crippen LogP contribution in [0.1, 0.15) is 0 Å². The quantitative estimate of drug-likeness (QED) is 0.124. The first-order chi connectivity index (χ1) is 34.2. The Kier molecular flexibility index (Phi) is 11.0. The van der Waals surface area contributed by atoms with Crippen LogP contribution in [-0.4, -0.2) is 0 Å². The first kappa shape index (κ1) is 41.4. The van der Waals surface area contributed by atoms with E-state index in [0.717, 1.165) is 28.2 Å². The molecule has 0 spiro atoms. The van der Waals surface area contributed by atoms with Crippen LogP contribution in [0, 0.1) is 0 Å². The number of benzene rings is 12. The van der Waals surface area contributed by atoms with Gasteiger partial charge in [0.05, 0.1) is 0 Å². The predicted molar refractivity (Wildman–Crippen MR) is 294 cm³/mol. The van der Waals surface area contributed by atoms with Gasteiger partial charge in [-0.2, -0.15) is 0 Å². The van der Waals surface area contributed by atoms with Crippen LogP contribution >= 0.6 is 0 Å². The molecule has 0 saturated carbocycles. The molecule has 0 heterocycles. The number of rotatable bonds is 10. The molecule has 12 rings (SSSR count). The van der Waals surface area contributed by atoms with Gasteiger partial charge >= 0.3 is 0 Å². The number of hydrogen-bond acceptors (Lipinski definition) is 1. The van der Waals surface area contributed by atoms with Crippen molar-refractivity contribution >= 4 is 38.6 Å². The van der Waals surface area contributed by atoms with Gasteiger partial charge in [0.1, 0.15) is 0 Å². The summed E-state index contributed by atoms with van der Waals surface area (Å²) in [4.78, 5) is 2.38. The molecule has 12 aromatic carbocycles. The summed E-state index contributed by atoms with van der Waals surface area (Å²) in [6, 6.07) is 104. The fourth-order valence-corrected chi connectivity index (χ4v) is 10.2. The van der Waals surface area contributed by atoms with Crippen LogP contribution in [0.25, 0.3) is 99.4 Å². The van der Waals surface area contributed by atoms with Gasteiger partial charge in [-0.05, 0) is 142 Å². The maximum Gasteiger partial charge on any atom is 0.0467 e. The molecular weight excluding hydrogens is 831 g/mol. The molecule has 0 bridgehead atoms. The summed E-state index contributed by atoms with van der Waals surface area (Å²) in [5.74, 6) is 0. The fraction of sp³-hybridized carbons (Fsp3) is 0. The van der Waals surface area contributed by atoms with Crippen molar-refractivity contribution < 1.29 is 0 Å². The van der Waals surface area contributed by atoms with E-state index >= 15 is 0 Å². The van der Waals surface area contributed by atoms with E-state index in [-0.39, 0.29) is 0 Å². The second-order valence-corrected chi connectivity index (χ2v) is 17.6. The first-order valence-electron chi connectivity index (χ1n) is 23.7. The normalized spacial score (nSPS) is 11.2. The lowest BCUT2D eigenvalue weighted by molar-refractivity contribution is 1.28. The number of anilines is 3. The molecule has 0 aliphatic rings. The molecule has 0 N–H and O–H groups in total. The van der Waals surface area contributed by atoms with E-state index in [2.05, 4.69) is 290 Å². The summed E-state index contributed by atoms with van der Waals surface area (Å²) in [7, 11) is 0. The van der Waals surface area contributed by atoms with Gasteiger partial charge in [-0.15, -0.1) is 0 Å². The summed E-state index contributed by atoms with van der Waals surface area (Å²) < 4.78 is 0. The highest BCUT2D eigenvalue weighted by Gasteiger charge is 2.20. The van der Waals surface area contributed by atoms with E-state index in [0.29, 0.717) is 0 Å². The Bertz CT molecular complexity index is 3720. The van der Waals surface area contributed by atoms with E-state index < -0.39 is 0 Å². The second kappa shape index (κ2) is 18.3. The van der Waals surface area contributed by atoms with Gasteiger partial charge in [0.15, 0.2) is 0 Å². The molecule has 1 heteroatoms. The van der Waals surface area contributed by atoms with Crippen molar-refractivity contribution in [3.05, 3.63) is 285 Å². The van der Waals surface area contributed by atoms with Crippen LogP contribution in [0.4, 0.5) is 17.1 Å². The molecule has 0 amide bonds. The molecule has 0 aromatic heterocycles. The third kappa shape index (κ3) is 7.97. The SMILES string of the molecule is c1ccc(-c2cccc(N(c3ccc(-c4ccc5c(c4)c(-c4ccccc4)c(-c4ccccc4)c4ccccc45)cc3)c3ccc(-c4cccc(-c5ccccc5)c4-c4ccccc4)cc3)c2)cc1. The van der Waals surface area contributed by atoms with Crippen molar-refractivity contribution in [2.75, 3.05) is 4.90 Å². The number of hydrogen-bond donors (Lipinski definition) is 0.